The largest absolute Gasteiger partial charge is 0.419 e. The molecule has 1 heterocycles. The van der Waals surface area contributed by atoms with Crippen molar-refractivity contribution in [3.8, 4) is 11.1 Å². The summed E-state index contributed by atoms with van der Waals surface area (Å²) in [5.74, 6) is -2.89. The summed E-state index contributed by atoms with van der Waals surface area (Å²) in [4.78, 5) is 0. The van der Waals surface area contributed by atoms with Crippen LogP contribution in [0.2, 0.25) is 0 Å². The number of alkyl halides is 3. The van der Waals surface area contributed by atoms with Gasteiger partial charge in [0.15, 0.2) is 11.6 Å². The maximum atomic E-state index is 15.1. The highest BCUT2D eigenvalue weighted by Gasteiger charge is 2.40. The van der Waals surface area contributed by atoms with E-state index in [-0.39, 0.29) is 47.8 Å². The Morgan fingerprint density at radius 3 is 2.03 bits per heavy atom. The van der Waals surface area contributed by atoms with Gasteiger partial charge in [-0.3, -0.25) is 0 Å². The van der Waals surface area contributed by atoms with Crippen LogP contribution >= 0.6 is 0 Å². The van der Waals surface area contributed by atoms with Gasteiger partial charge in [-0.15, -0.1) is 0 Å². The van der Waals surface area contributed by atoms with Crippen LogP contribution < -0.4 is 0 Å². The molecule has 0 radical (unpaired) electrons. The van der Waals surface area contributed by atoms with E-state index in [1.807, 2.05) is 19.1 Å². The highest BCUT2D eigenvalue weighted by atomic mass is 19.4. The molecule has 1 N–H and O–H groups in total. The third kappa shape index (κ3) is 5.87. The number of hydrogen-bond acceptors (Lipinski definition) is 2. The van der Waals surface area contributed by atoms with Crippen LogP contribution in [0.4, 0.5) is 26.3 Å². The molecule has 208 valence electrons. The minimum absolute atomic E-state index is 0.0661. The van der Waals surface area contributed by atoms with E-state index in [1.54, 1.807) is 12.1 Å². The second kappa shape index (κ2) is 11.0. The van der Waals surface area contributed by atoms with Crippen molar-refractivity contribution in [1.82, 2.24) is 0 Å². The number of aliphatic hydroxyl groups excluding tert-OH is 1. The van der Waals surface area contributed by atoms with E-state index in [0.29, 0.717) is 17.4 Å². The van der Waals surface area contributed by atoms with E-state index in [1.165, 1.54) is 24.3 Å². The highest BCUT2D eigenvalue weighted by molar-refractivity contribution is 5.65. The number of rotatable bonds is 7. The van der Waals surface area contributed by atoms with Gasteiger partial charge in [-0.2, -0.15) is 13.2 Å². The first-order chi connectivity index (χ1) is 18.5. The van der Waals surface area contributed by atoms with Gasteiger partial charge in [-0.25, -0.2) is 13.2 Å². The molecule has 0 spiro atoms. The van der Waals surface area contributed by atoms with E-state index in [2.05, 4.69) is 0 Å². The first-order valence-electron chi connectivity index (χ1n) is 13.3. The Morgan fingerprint density at radius 2 is 1.44 bits per heavy atom. The molecule has 1 aliphatic heterocycles. The Labute approximate surface area is 223 Å². The summed E-state index contributed by atoms with van der Waals surface area (Å²) in [6.07, 6.45) is -2.64. The maximum Gasteiger partial charge on any atom is 0.419 e. The molecule has 2 nitrogen and oxygen atoms in total. The van der Waals surface area contributed by atoms with E-state index in [4.69, 9.17) is 4.74 Å². The van der Waals surface area contributed by atoms with Crippen molar-refractivity contribution in [3.63, 3.8) is 0 Å². The molecule has 3 aromatic carbocycles. The van der Waals surface area contributed by atoms with Crippen LogP contribution in [0.5, 0.6) is 0 Å². The fourth-order valence-electron chi connectivity index (χ4n) is 5.77. The van der Waals surface area contributed by atoms with Gasteiger partial charge in [0.1, 0.15) is 11.9 Å². The molecule has 0 bridgehead atoms. The van der Waals surface area contributed by atoms with Gasteiger partial charge in [0, 0.05) is 11.1 Å². The summed E-state index contributed by atoms with van der Waals surface area (Å²) in [6, 6.07) is 12.6. The molecule has 1 aliphatic carbocycles. The van der Waals surface area contributed by atoms with Gasteiger partial charge in [-0.05, 0) is 79.5 Å². The van der Waals surface area contributed by atoms with Crippen molar-refractivity contribution in [2.45, 2.75) is 69.8 Å². The van der Waals surface area contributed by atoms with Gasteiger partial charge in [0.25, 0.3) is 0 Å². The van der Waals surface area contributed by atoms with E-state index < -0.39 is 35.3 Å². The lowest BCUT2D eigenvalue weighted by Gasteiger charge is -2.30. The number of epoxide rings is 1. The fraction of sp³-hybridized carbons (Fsp3) is 0.419. The first-order valence-corrected chi connectivity index (χ1v) is 13.3. The molecular formula is C31H30F6O2. The van der Waals surface area contributed by atoms with E-state index >= 15 is 8.78 Å². The molecular weight excluding hydrogens is 518 g/mol. The quantitative estimate of drug-likeness (QED) is 0.238. The lowest BCUT2D eigenvalue weighted by atomic mass is 9.77. The molecule has 2 atom stereocenters. The van der Waals surface area contributed by atoms with Crippen molar-refractivity contribution in [2.75, 3.05) is 6.61 Å². The highest BCUT2D eigenvalue weighted by Crippen LogP contribution is 2.41. The van der Waals surface area contributed by atoms with Gasteiger partial charge in [0.2, 0.25) is 0 Å². The molecule has 8 heteroatoms. The predicted molar refractivity (Wildman–Crippen MR) is 136 cm³/mol. The normalized spacial score (nSPS) is 22.1. The lowest BCUT2D eigenvalue weighted by Crippen LogP contribution is -2.22. The number of hydrogen-bond donors (Lipinski definition) is 1. The Morgan fingerprint density at radius 1 is 0.821 bits per heavy atom. The predicted octanol–water partition coefficient (Wildman–Crippen LogP) is 8.30. The minimum Gasteiger partial charge on any atom is -0.393 e. The molecule has 0 amide bonds. The zero-order valence-electron chi connectivity index (χ0n) is 21.5. The number of aryl methyl sites for hydroxylation is 2. The summed E-state index contributed by atoms with van der Waals surface area (Å²) < 4.78 is 90.7. The monoisotopic (exact) mass is 548 g/mol. The summed E-state index contributed by atoms with van der Waals surface area (Å²) >= 11 is 0. The molecule has 3 aromatic rings. The van der Waals surface area contributed by atoms with Crippen molar-refractivity contribution < 1.29 is 36.2 Å². The van der Waals surface area contributed by atoms with Crippen LogP contribution in [0.1, 0.15) is 72.4 Å². The van der Waals surface area contributed by atoms with Gasteiger partial charge in [0.05, 0.1) is 18.3 Å². The second-order valence-corrected chi connectivity index (χ2v) is 10.7. The number of benzene rings is 3. The standard InChI is InChI=1S/C31H30F6O2/c1-17(38)18-2-4-19(5-3-18)20-6-8-21(9-7-20)24-14-13-23(28(32)30(24)34)11-10-22-12-15-25(26-16-39-26)29(33)27(22)31(35,36)37/h6-9,12-15,17-19,26,38H,2-5,10-11,16H2,1H3. The van der Waals surface area contributed by atoms with Crippen LogP contribution in [0.15, 0.2) is 48.5 Å². The average Bonchev–Trinajstić information content (AvgIpc) is 3.74. The number of ether oxygens (including phenoxy) is 1. The lowest BCUT2D eigenvalue weighted by molar-refractivity contribution is -0.140. The molecule has 2 fully saturated rings. The van der Waals surface area contributed by atoms with E-state index in [0.717, 1.165) is 31.2 Å². The topological polar surface area (TPSA) is 32.8 Å². The van der Waals surface area contributed by atoms with Crippen LogP contribution in [0.3, 0.4) is 0 Å². The summed E-state index contributed by atoms with van der Waals surface area (Å²) in [6.45, 7) is 1.98. The summed E-state index contributed by atoms with van der Waals surface area (Å²) in [7, 11) is 0. The van der Waals surface area contributed by atoms with Crippen molar-refractivity contribution in [1.29, 1.82) is 0 Å². The van der Waals surface area contributed by atoms with Crippen molar-refractivity contribution in [3.05, 3.63) is 93.8 Å². The molecule has 2 unspecified atom stereocenters. The van der Waals surface area contributed by atoms with Crippen molar-refractivity contribution in [2.24, 2.45) is 5.92 Å². The average molecular weight is 549 g/mol. The Bertz CT molecular complexity index is 1320. The minimum atomic E-state index is -4.93. The first kappa shape index (κ1) is 27.7. The third-order valence-corrected chi connectivity index (χ3v) is 8.19. The third-order valence-electron chi connectivity index (χ3n) is 8.19. The molecule has 2 aliphatic rings. The van der Waals surface area contributed by atoms with E-state index in [9.17, 15) is 22.7 Å². The molecule has 0 aromatic heterocycles. The SMILES string of the molecule is CC(O)C1CCC(c2ccc(-c3ccc(CCc4ccc(C5CO5)c(F)c4C(F)(F)F)c(F)c3F)cc2)CC1. The second-order valence-electron chi connectivity index (χ2n) is 10.7. The van der Waals surface area contributed by atoms with Gasteiger partial charge >= 0.3 is 6.18 Å². The van der Waals surface area contributed by atoms with Crippen LogP contribution in [-0.2, 0) is 23.8 Å². The van der Waals surface area contributed by atoms with Crippen LogP contribution in [-0.4, -0.2) is 17.8 Å². The van der Waals surface area contributed by atoms with Gasteiger partial charge < -0.3 is 9.84 Å². The van der Waals surface area contributed by atoms with Crippen molar-refractivity contribution >= 4 is 0 Å². The Balaban J connectivity index is 1.31. The maximum absolute atomic E-state index is 15.1. The Kier molecular flexibility index (Phi) is 7.80. The van der Waals surface area contributed by atoms with Crippen LogP contribution in [0.25, 0.3) is 11.1 Å². The van der Waals surface area contributed by atoms with Gasteiger partial charge in [-0.1, -0.05) is 48.5 Å². The summed E-state index contributed by atoms with van der Waals surface area (Å²) in [5, 5.41) is 9.81. The molecule has 1 saturated heterocycles. The summed E-state index contributed by atoms with van der Waals surface area (Å²) in [5.41, 5.74) is -0.238. The fourth-order valence-corrected chi connectivity index (χ4v) is 5.77. The zero-order chi connectivity index (χ0) is 27.9. The Hall–Kier alpha value is -2.84. The van der Waals surface area contributed by atoms with Crippen LogP contribution in [0, 0.1) is 23.4 Å². The smallest absolute Gasteiger partial charge is 0.393 e. The number of halogens is 6. The zero-order valence-corrected chi connectivity index (χ0v) is 21.5. The number of aliphatic hydroxyl groups is 1. The molecule has 5 rings (SSSR count). The molecule has 1 saturated carbocycles. The molecule has 39 heavy (non-hydrogen) atoms.